The van der Waals surface area contributed by atoms with Gasteiger partial charge in [-0.05, 0) is 44.5 Å². The largest absolute Gasteiger partial charge is 0.435 e. The van der Waals surface area contributed by atoms with E-state index in [-0.39, 0.29) is 17.6 Å². The van der Waals surface area contributed by atoms with Crippen LogP contribution in [0.15, 0.2) is 34.9 Å². The fraction of sp³-hybridized carbons (Fsp3) is 0.364. The number of nitrogens with one attached hydrogen (secondary N) is 1. The van der Waals surface area contributed by atoms with Crippen LogP contribution in [0.2, 0.25) is 0 Å². The summed E-state index contributed by atoms with van der Waals surface area (Å²) in [7, 11) is 0. The molecule has 3 aromatic rings. The number of hydrogen-bond acceptors (Lipinski definition) is 6. The van der Waals surface area contributed by atoms with Crippen LogP contribution in [0.5, 0.6) is 0 Å². The zero-order chi connectivity index (χ0) is 21.3. The molecule has 1 aliphatic heterocycles. The lowest BCUT2D eigenvalue weighted by Gasteiger charge is -2.16. The summed E-state index contributed by atoms with van der Waals surface area (Å²) in [4.78, 5) is 27.7. The molecule has 0 spiro atoms. The Morgan fingerprint density at radius 1 is 1.30 bits per heavy atom. The number of aryl methyl sites for hydroxylation is 3. The highest BCUT2D eigenvalue weighted by molar-refractivity contribution is 5.92. The Hall–Kier alpha value is -3.29. The van der Waals surface area contributed by atoms with Crippen LogP contribution >= 0.6 is 0 Å². The van der Waals surface area contributed by atoms with Crippen LogP contribution in [-0.4, -0.2) is 38.8 Å². The molecule has 1 amide bonds. The van der Waals surface area contributed by atoms with Crippen LogP contribution in [0, 0.1) is 19.7 Å². The van der Waals surface area contributed by atoms with E-state index in [1.807, 2.05) is 26.0 Å². The number of anilines is 2. The Kier molecular flexibility index (Phi) is 5.48. The first-order valence-corrected chi connectivity index (χ1v) is 10.1. The van der Waals surface area contributed by atoms with Crippen LogP contribution in [0.3, 0.4) is 0 Å². The monoisotopic (exact) mass is 409 g/mol. The van der Waals surface area contributed by atoms with Crippen LogP contribution in [0.25, 0.3) is 0 Å². The van der Waals surface area contributed by atoms with E-state index in [1.165, 1.54) is 12.3 Å². The Balaban J connectivity index is 1.49. The van der Waals surface area contributed by atoms with Gasteiger partial charge in [-0.15, -0.1) is 0 Å². The number of rotatable bonds is 5. The highest BCUT2D eigenvalue weighted by atomic mass is 19.1. The maximum Gasteiger partial charge on any atom is 0.291 e. The standard InChI is InChI=1S/C22H24FN5O2/c1-4-20-26-14(3)21(30-20)22(29)28-8-7-15(12-28)18-10-17(9-13(2)25-18)27-19-6-5-16(23)11-24-19/h5-6,9-11,15H,4,7-8,12H2,1-3H3,(H,24,25,27). The molecule has 0 bridgehead atoms. The number of carbonyl (C=O) groups is 1. The predicted molar refractivity (Wildman–Crippen MR) is 110 cm³/mol. The van der Waals surface area contributed by atoms with Gasteiger partial charge in [-0.2, -0.15) is 0 Å². The highest BCUT2D eigenvalue weighted by Crippen LogP contribution is 2.30. The van der Waals surface area contributed by atoms with Gasteiger partial charge < -0.3 is 14.6 Å². The van der Waals surface area contributed by atoms with Crippen LogP contribution in [-0.2, 0) is 6.42 Å². The van der Waals surface area contributed by atoms with E-state index >= 15 is 0 Å². The van der Waals surface area contributed by atoms with Crippen molar-refractivity contribution in [2.45, 2.75) is 39.5 Å². The van der Waals surface area contributed by atoms with Crippen molar-refractivity contribution in [1.82, 2.24) is 19.9 Å². The third-order valence-electron chi connectivity index (χ3n) is 5.20. The zero-order valence-corrected chi connectivity index (χ0v) is 17.3. The number of likely N-dealkylation sites (tertiary alicyclic amines) is 1. The molecule has 8 heteroatoms. The number of amides is 1. The molecule has 4 heterocycles. The lowest BCUT2D eigenvalue weighted by molar-refractivity contribution is 0.0756. The van der Waals surface area contributed by atoms with E-state index < -0.39 is 0 Å². The normalized spacial score (nSPS) is 16.1. The minimum Gasteiger partial charge on any atom is -0.435 e. The number of halogens is 1. The first-order valence-electron chi connectivity index (χ1n) is 10.1. The van der Waals surface area contributed by atoms with Crippen molar-refractivity contribution in [3.8, 4) is 0 Å². The van der Waals surface area contributed by atoms with Gasteiger partial charge in [0.15, 0.2) is 5.89 Å². The van der Waals surface area contributed by atoms with Gasteiger partial charge in [0.05, 0.1) is 11.9 Å². The van der Waals surface area contributed by atoms with E-state index in [9.17, 15) is 9.18 Å². The van der Waals surface area contributed by atoms with E-state index in [0.717, 1.165) is 23.5 Å². The first kappa shape index (κ1) is 20.0. The average Bonchev–Trinajstić information content (AvgIpc) is 3.36. The number of pyridine rings is 2. The van der Waals surface area contributed by atoms with Crippen molar-refractivity contribution in [3.05, 3.63) is 65.0 Å². The molecule has 0 aromatic carbocycles. The number of nitrogens with zero attached hydrogens (tertiary/aromatic N) is 4. The van der Waals surface area contributed by atoms with Crippen LogP contribution in [0.1, 0.15) is 52.8 Å². The molecule has 156 valence electrons. The van der Waals surface area contributed by atoms with Gasteiger partial charge in [-0.3, -0.25) is 9.78 Å². The lowest BCUT2D eigenvalue weighted by atomic mass is 10.0. The quantitative estimate of drug-likeness (QED) is 0.681. The number of oxazole rings is 1. The Morgan fingerprint density at radius 3 is 2.83 bits per heavy atom. The van der Waals surface area contributed by atoms with Crippen molar-refractivity contribution < 1.29 is 13.6 Å². The molecule has 1 atom stereocenters. The lowest BCUT2D eigenvalue weighted by Crippen LogP contribution is -2.28. The maximum atomic E-state index is 13.1. The molecule has 0 radical (unpaired) electrons. The van der Waals surface area contributed by atoms with Gasteiger partial charge >= 0.3 is 0 Å². The topological polar surface area (TPSA) is 84.2 Å². The molecule has 1 aliphatic rings. The molecule has 30 heavy (non-hydrogen) atoms. The molecule has 1 N–H and O–H groups in total. The smallest absolute Gasteiger partial charge is 0.291 e. The van der Waals surface area contributed by atoms with Gasteiger partial charge in [0, 0.05) is 42.5 Å². The maximum absolute atomic E-state index is 13.1. The van der Waals surface area contributed by atoms with E-state index in [4.69, 9.17) is 4.42 Å². The van der Waals surface area contributed by atoms with E-state index in [1.54, 1.807) is 17.9 Å². The molecule has 7 nitrogen and oxygen atoms in total. The third kappa shape index (κ3) is 4.17. The summed E-state index contributed by atoms with van der Waals surface area (Å²) in [6.45, 7) is 6.89. The summed E-state index contributed by atoms with van der Waals surface area (Å²) >= 11 is 0. The summed E-state index contributed by atoms with van der Waals surface area (Å²) in [5.41, 5.74) is 3.24. The summed E-state index contributed by atoms with van der Waals surface area (Å²) in [6, 6.07) is 6.83. The molecule has 1 saturated heterocycles. The molecule has 0 saturated carbocycles. The number of hydrogen-bond donors (Lipinski definition) is 1. The minimum absolute atomic E-state index is 0.122. The van der Waals surface area contributed by atoms with Gasteiger partial charge in [-0.1, -0.05) is 6.92 Å². The third-order valence-corrected chi connectivity index (χ3v) is 5.20. The fourth-order valence-electron chi connectivity index (χ4n) is 3.70. The fourth-order valence-corrected chi connectivity index (χ4v) is 3.70. The van der Waals surface area contributed by atoms with Crippen molar-refractivity contribution >= 4 is 17.4 Å². The summed E-state index contributed by atoms with van der Waals surface area (Å²) in [5, 5.41) is 3.19. The van der Waals surface area contributed by atoms with E-state index in [2.05, 4.69) is 20.3 Å². The van der Waals surface area contributed by atoms with Crippen LogP contribution in [0.4, 0.5) is 15.9 Å². The molecule has 4 rings (SSSR count). The van der Waals surface area contributed by atoms with Gasteiger partial charge in [0.2, 0.25) is 5.76 Å². The summed E-state index contributed by atoms with van der Waals surface area (Å²) in [6.07, 6.45) is 2.65. The minimum atomic E-state index is -0.379. The second-order valence-corrected chi connectivity index (χ2v) is 7.52. The Labute approximate surface area is 174 Å². The van der Waals surface area contributed by atoms with Crippen molar-refractivity contribution in [1.29, 1.82) is 0 Å². The van der Waals surface area contributed by atoms with Gasteiger partial charge in [0.25, 0.3) is 5.91 Å². The molecule has 1 unspecified atom stereocenters. The summed E-state index contributed by atoms with van der Waals surface area (Å²) < 4.78 is 18.7. The molecule has 1 fully saturated rings. The van der Waals surface area contributed by atoms with Crippen molar-refractivity contribution in [2.24, 2.45) is 0 Å². The molecule has 3 aromatic heterocycles. The SMILES string of the molecule is CCc1nc(C)c(C(=O)N2CCC(c3cc(Nc4ccc(F)cn4)cc(C)n3)C2)o1. The van der Waals surface area contributed by atoms with Gasteiger partial charge in [-0.25, -0.2) is 14.4 Å². The highest BCUT2D eigenvalue weighted by Gasteiger charge is 2.31. The Bertz CT molecular complexity index is 1060. The van der Waals surface area contributed by atoms with Crippen molar-refractivity contribution in [3.63, 3.8) is 0 Å². The first-order chi connectivity index (χ1) is 14.4. The van der Waals surface area contributed by atoms with Crippen molar-refractivity contribution in [2.75, 3.05) is 18.4 Å². The van der Waals surface area contributed by atoms with E-state index in [0.29, 0.717) is 42.7 Å². The summed E-state index contributed by atoms with van der Waals surface area (Å²) in [5.74, 6) is 1.10. The zero-order valence-electron chi connectivity index (χ0n) is 17.3. The van der Waals surface area contributed by atoms with Gasteiger partial charge in [0.1, 0.15) is 11.6 Å². The number of aromatic nitrogens is 3. The van der Waals surface area contributed by atoms with Crippen LogP contribution < -0.4 is 5.32 Å². The molecule has 0 aliphatic carbocycles. The molecular weight excluding hydrogens is 385 g/mol. The average molecular weight is 409 g/mol. The second kappa shape index (κ2) is 8.22. The second-order valence-electron chi connectivity index (χ2n) is 7.52. The Morgan fingerprint density at radius 2 is 2.13 bits per heavy atom. The number of carbonyl (C=O) groups excluding carboxylic acids is 1. The molecular formula is C22H24FN5O2. The predicted octanol–water partition coefficient (Wildman–Crippen LogP) is 4.16.